The number of thiazole rings is 1. The topological polar surface area (TPSA) is 38.9 Å². The number of hydrogen-bond donors (Lipinski definition) is 1. The van der Waals surface area contributed by atoms with Crippen molar-refractivity contribution in [1.29, 1.82) is 0 Å². The molecule has 3 heteroatoms. The van der Waals surface area contributed by atoms with Gasteiger partial charge in [0.15, 0.2) is 5.13 Å². The Bertz CT molecular complexity index is 460. The molecule has 1 aromatic heterocycles. The highest BCUT2D eigenvalue weighted by Crippen LogP contribution is 2.27. The van der Waals surface area contributed by atoms with E-state index >= 15 is 0 Å². The third kappa shape index (κ3) is 1.60. The van der Waals surface area contributed by atoms with Crippen LogP contribution in [0, 0.1) is 6.92 Å². The smallest absolute Gasteiger partial charge is 0.181 e. The molecule has 0 saturated heterocycles. The Hall–Kier alpha value is -1.09. The Labute approximate surface area is 87.8 Å². The lowest BCUT2D eigenvalue weighted by molar-refractivity contribution is 0.915. The van der Waals surface area contributed by atoms with Gasteiger partial charge in [0.2, 0.25) is 0 Å². The van der Waals surface area contributed by atoms with Crippen LogP contribution in [0.25, 0.3) is 10.2 Å². The number of rotatable bonds is 2. The summed E-state index contributed by atoms with van der Waals surface area (Å²) in [5, 5.41) is 0.660. The Kier molecular flexibility index (Phi) is 2.42. The molecule has 74 valence electrons. The molecule has 0 saturated carbocycles. The van der Waals surface area contributed by atoms with Gasteiger partial charge in [0.25, 0.3) is 0 Å². The van der Waals surface area contributed by atoms with Crippen LogP contribution in [-0.4, -0.2) is 4.98 Å². The summed E-state index contributed by atoms with van der Waals surface area (Å²) in [6.07, 6.45) is 2.32. The first-order valence-electron chi connectivity index (χ1n) is 4.86. The van der Waals surface area contributed by atoms with E-state index in [4.69, 9.17) is 5.73 Å². The van der Waals surface area contributed by atoms with Crippen LogP contribution in [0.2, 0.25) is 0 Å². The molecule has 1 aromatic carbocycles. The molecule has 0 atom stereocenters. The van der Waals surface area contributed by atoms with Crippen molar-refractivity contribution in [3.05, 3.63) is 23.3 Å². The first kappa shape index (κ1) is 9.46. The first-order valence-corrected chi connectivity index (χ1v) is 5.68. The quantitative estimate of drug-likeness (QED) is 0.819. The molecule has 0 amide bonds. The zero-order valence-corrected chi connectivity index (χ0v) is 9.32. The van der Waals surface area contributed by atoms with Crippen molar-refractivity contribution in [3.8, 4) is 0 Å². The van der Waals surface area contributed by atoms with Gasteiger partial charge in [0.05, 0.1) is 10.2 Å². The number of aryl methyl sites for hydroxylation is 2. The van der Waals surface area contributed by atoms with Crippen molar-refractivity contribution >= 4 is 26.7 Å². The second kappa shape index (κ2) is 3.58. The number of fused-ring (bicyclic) bond motifs is 1. The monoisotopic (exact) mass is 206 g/mol. The fraction of sp³-hybridized carbons (Fsp3) is 0.364. The van der Waals surface area contributed by atoms with Gasteiger partial charge in [-0.2, -0.15) is 0 Å². The molecule has 0 unspecified atom stereocenters. The molecule has 1 heterocycles. The minimum absolute atomic E-state index is 0.660. The summed E-state index contributed by atoms with van der Waals surface area (Å²) < 4.78 is 1.21. The van der Waals surface area contributed by atoms with Gasteiger partial charge < -0.3 is 5.73 Å². The van der Waals surface area contributed by atoms with E-state index in [0.29, 0.717) is 5.13 Å². The van der Waals surface area contributed by atoms with Gasteiger partial charge in [-0.05, 0) is 36.6 Å². The Morgan fingerprint density at radius 3 is 2.93 bits per heavy atom. The molecule has 0 spiro atoms. The number of nitrogens with zero attached hydrogens (tertiary/aromatic N) is 1. The lowest BCUT2D eigenvalue weighted by Gasteiger charge is -2.03. The van der Waals surface area contributed by atoms with E-state index in [1.807, 2.05) is 0 Å². The lowest BCUT2D eigenvalue weighted by Crippen LogP contribution is -1.87. The van der Waals surface area contributed by atoms with Crippen LogP contribution < -0.4 is 5.73 Å². The fourth-order valence-electron chi connectivity index (χ4n) is 1.68. The number of aromatic nitrogens is 1. The van der Waals surface area contributed by atoms with Crippen LogP contribution in [0.15, 0.2) is 12.1 Å². The predicted octanol–water partition coefficient (Wildman–Crippen LogP) is 3.14. The minimum Gasteiger partial charge on any atom is -0.375 e. The van der Waals surface area contributed by atoms with Crippen molar-refractivity contribution < 1.29 is 0 Å². The maximum absolute atomic E-state index is 5.67. The zero-order chi connectivity index (χ0) is 10.1. The summed E-state index contributed by atoms with van der Waals surface area (Å²) in [5.74, 6) is 0. The summed E-state index contributed by atoms with van der Waals surface area (Å²) >= 11 is 1.57. The van der Waals surface area contributed by atoms with E-state index in [-0.39, 0.29) is 0 Å². The highest BCUT2D eigenvalue weighted by molar-refractivity contribution is 7.22. The minimum atomic E-state index is 0.660. The van der Waals surface area contributed by atoms with Crippen LogP contribution in [0.3, 0.4) is 0 Å². The zero-order valence-electron chi connectivity index (χ0n) is 8.50. The van der Waals surface area contributed by atoms with Crippen molar-refractivity contribution in [2.45, 2.75) is 26.7 Å². The lowest BCUT2D eigenvalue weighted by atomic mass is 10.0. The number of anilines is 1. The van der Waals surface area contributed by atoms with E-state index in [1.165, 1.54) is 22.2 Å². The van der Waals surface area contributed by atoms with E-state index in [9.17, 15) is 0 Å². The standard InChI is InChI=1S/C11H14N2S/c1-3-4-8-6-10-9(5-7(8)2)13-11(12)14-10/h5-6H,3-4H2,1-2H3,(H2,12,13). The van der Waals surface area contributed by atoms with Gasteiger partial charge in [-0.3, -0.25) is 0 Å². The second-order valence-electron chi connectivity index (χ2n) is 3.55. The molecule has 2 N–H and O–H groups in total. The summed E-state index contributed by atoms with van der Waals surface area (Å²) in [6, 6.07) is 4.36. The molecular weight excluding hydrogens is 192 g/mol. The Morgan fingerprint density at radius 2 is 2.21 bits per heavy atom. The molecule has 2 rings (SSSR count). The molecule has 0 radical (unpaired) electrons. The molecule has 2 aromatic rings. The van der Waals surface area contributed by atoms with Gasteiger partial charge in [-0.1, -0.05) is 24.7 Å². The van der Waals surface area contributed by atoms with Crippen LogP contribution in [0.4, 0.5) is 5.13 Å². The number of nitrogen functional groups attached to an aromatic ring is 1. The largest absolute Gasteiger partial charge is 0.375 e. The molecule has 0 bridgehead atoms. The highest BCUT2D eigenvalue weighted by atomic mass is 32.1. The molecule has 0 fully saturated rings. The maximum atomic E-state index is 5.67. The summed E-state index contributed by atoms with van der Waals surface area (Å²) in [6.45, 7) is 4.34. The van der Waals surface area contributed by atoms with Crippen LogP contribution in [0.5, 0.6) is 0 Å². The van der Waals surface area contributed by atoms with Crippen LogP contribution in [0.1, 0.15) is 24.5 Å². The third-order valence-corrected chi connectivity index (χ3v) is 3.23. The first-order chi connectivity index (χ1) is 6.70. The molecule has 2 nitrogen and oxygen atoms in total. The SMILES string of the molecule is CCCc1cc2sc(N)nc2cc1C. The van der Waals surface area contributed by atoms with Crippen LogP contribution >= 0.6 is 11.3 Å². The molecule has 0 aliphatic rings. The molecule has 14 heavy (non-hydrogen) atoms. The highest BCUT2D eigenvalue weighted by Gasteiger charge is 2.04. The van der Waals surface area contributed by atoms with Gasteiger partial charge in [-0.15, -0.1) is 0 Å². The maximum Gasteiger partial charge on any atom is 0.181 e. The summed E-state index contributed by atoms with van der Waals surface area (Å²) in [5.41, 5.74) is 9.45. The summed E-state index contributed by atoms with van der Waals surface area (Å²) in [7, 11) is 0. The number of nitrogens with two attached hydrogens (primary N) is 1. The Morgan fingerprint density at radius 1 is 1.43 bits per heavy atom. The van der Waals surface area contributed by atoms with Gasteiger partial charge >= 0.3 is 0 Å². The average Bonchev–Trinajstić information content (AvgIpc) is 2.45. The van der Waals surface area contributed by atoms with Gasteiger partial charge in [0.1, 0.15) is 0 Å². The molecule has 0 aliphatic heterocycles. The predicted molar refractivity (Wildman–Crippen MR) is 62.8 cm³/mol. The van der Waals surface area contributed by atoms with Crippen molar-refractivity contribution in [1.82, 2.24) is 4.98 Å². The Balaban J connectivity index is 2.58. The van der Waals surface area contributed by atoms with Crippen molar-refractivity contribution in [3.63, 3.8) is 0 Å². The average molecular weight is 206 g/mol. The van der Waals surface area contributed by atoms with Gasteiger partial charge in [-0.25, -0.2) is 4.98 Å². The third-order valence-electron chi connectivity index (χ3n) is 2.38. The summed E-state index contributed by atoms with van der Waals surface area (Å²) in [4.78, 5) is 4.27. The van der Waals surface area contributed by atoms with E-state index < -0.39 is 0 Å². The number of benzene rings is 1. The molecule has 0 aliphatic carbocycles. The fourth-order valence-corrected chi connectivity index (χ4v) is 2.46. The van der Waals surface area contributed by atoms with Crippen LogP contribution in [-0.2, 0) is 6.42 Å². The van der Waals surface area contributed by atoms with E-state index in [1.54, 1.807) is 11.3 Å². The second-order valence-corrected chi connectivity index (χ2v) is 4.61. The normalized spacial score (nSPS) is 11.0. The number of hydrogen-bond acceptors (Lipinski definition) is 3. The van der Waals surface area contributed by atoms with Crippen molar-refractivity contribution in [2.75, 3.05) is 5.73 Å². The van der Waals surface area contributed by atoms with Gasteiger partial charge in [0, 0.05) is 0 Å². The molecular formula is C11H14N2S. The van der Waals surface area contributed by atoms with E-state index in [2.05, 4.69) is 31.0 Å². The van der Waals surface area contributed by atoms with E-state index in [0.717, 1.165) is 11.9 Å². The van der Waals surface area contributed by atoms with Crippen molar-refractivity contribution in [2.24, 2.45) is 0 Å².